The lowest BCUT2D eigenvalue weighted by Gasteiger charge is -2.03. The van der Waals surface area contributed by atoms with E-state index in [2.05, 4.69) is 5.10 Å². The molecule has 0 unspecified atom stereocenters. The number of carbonyl (C=O) groups is 1. The van der Waals surface area contributed by atoms with Crippen LogP contribution in [0.2, 0.25) is 0 Å². The zero-order valence-corrected chi connectivity index (χ0v) is 9.67. The van der Waals surface area contributed by atoms with Gasteiger partial charge in [-0.05, 0) is 17.7 Å². The van der Waals surface area contributed by atoms with E-state index in [9.17, 15) is 9.18 Å². The number of aromatic nitrogens is 2. The van der Waals surface area contributed by atoms with E-state index in [4.69, 9.17) is 16.1 Å². The van der Waals surface area contributed by atoms with E-state index in [1.54, 1.807) is 6.07 Å². The average molecular weight is 260 g/mol. The molecule has 0 atom stereocenters. The number of carboxylic acid groups (broad SMARTS) is 1. The van der Waals surface area contributed by atoms with Gasteiger partial charge in [-0.25, -0.2) is 13.9 Å². The first-order valence-corrected chi connectivity index (χ1v) is 5.27. The molecular weight excluding hydrogens is 251 g/mol. The second-order valence-corrected chi connectivity index (χ2v) is 3.81. The predicted molar refractivity (Wildman–Crippen MR) is 63.8 cm³/mol. The van der Waals surface area contributed by atoms with Crippen LogP contribution in [0.15, 0.2) is 24.3 Å². The number of nitrogens with two attached hydrogens (primary N) is 1. The monoisotopic (exact) mass is 260 g/mol. The fourth-order valence-electron chi connectivity index (χ4n) is 1.62. The van der Waals surface area contributed by atoms with Crippen LogP contribution in [0.1, 0.15) is 21.6 Å². The molecule has 3 N–H and O–H groups in total. The van der Waals surface area contributed by atoms with Gasteiger partial charge < -0.3 is 10.8 Å². The number of hydrogen-bond donors (Lipinski definition) is 2. The highest BCUT2D eigenvalue weighted by molar-refractivity contribution is 5.90. The fraction of sp³-hybridized carbons (Fsp3) is 0.0833. The summed E-state index contributed by atoms with van der Waals surface area (Å²) < 4.78 is 14.0. The molecule has 1 aromatic heterocycles. The van der Waals surface area contributed by atoms with Crippen LogP contribution in [0.25, 0.3) is 0 Å². The van der Waals surface area contributed by atoms with Crippen LogP contribution in [0.4, 0.5) is 10.2 Å². The number of anilines is 1. The lowest BCUT2D eigenvalue weighted by Crippen LogP contribution is -2.07. The minimum absolute atomic E-state index is 0.0239. The van der Waals surface area contributed by atoms with Gasteiger partial charge in [-0.3, -0.25) is 0 Å². The fourth-order valence-corrected chi connectivity index (χ4v) is 1.62. The van der Waals surface area contributed by atoms with E-state index in [-0.39, 0.29) is 29.4 Å². The third-order valence-corrected chi connectivity index (χ3v) is 2.55. The van der Waals surface area contributed by atoms with Crippen molar-refractivity contribution in [1.29, 1.82) is 5.26 Å². The molecule has 1 heterocycles. The van der Waals surface area contributed by atoms with E-state index in [1.165, 1.54) is 28.9 Å². The van der Waals surface area contributed by atoms with Crippen molar-refractivity contribution < 1.29 is 14.3 Å². The molecule has 0 saturated heterocycles. The first-order chi connectivity index (χ1) is 9.02. The van der Waals surface area contributed by atoms with Crippen LogP contribution >= 0.6 is 0 Å². The van der Waals surface area contributed by atoms with Crippen molar-refractivity contribution in [1.82, 2.24) is 9.78 Å². The van der Waals surface area contributed by atoms with Gasteiger partial charge in [0.25, 0.3) is 0 Å². The van der Waals surface area contributed by atoms with E-state index < -0.39 is 5.97 Å². The van der Waals surface area contributed by atoms with Crippen molar-refractivity contribution in [2.24, 2.45) is 0 Å². The molecule has 2 rings (SSSR count). The maximum atomic E-state index is 12.8. The van der Waals surface area contributed by atoms with Gasteiger partial charge in [0.1, 0.15) is 23.3 Å². The number of nitrogens with zero attached hydrogens (tertiary/aromatic N) is 3. The highest BCUT2D eigenvalue weighted by atomic mass is 19.1. The summed E-state index contributed by atoms with van der Waals surface area (Å²) in [6.07, 6.45) is 0. The van der Waals surface area contributed by atoms with Gasteiger partial charge in [-0.1, -0.05) is 12.1 Å². The molecule has 0 fully saturated rings. The summed E-state index contributed by atoms with van der Waals surface area (Å²) in [6.45, 7) is 0.161. The Kier molecular flexibility index (Phi) is 3.16. The van der Waals surface area contributed by atoms with Crippen LogP contribution in [0.5, 0.6) is 0 Å². The summed E-state index contributed by atoms with van der Waals surface area (Å²) in [5.74, 6) is -1.72. The predicted octanol–water partition coefficient (Wildman–Crippen LogP) is 1.22. The van der Waals surface area contributed by atoms with Crippen LogP contribution in [-0.2, 0) is 6.54 Å². The Bertz CT molecular complexity index is 670. The number of halogens is 1. The highest BCUT2D eigenvalue weighted by Crippen LogP contribution is 2.17. The molecule has 0 saturated carbocycles. The Balaban J connectivity index is 2.39. The summed E-state index contributed by atoms with van der Waals surface area (Å²) in [4.78, 5) is 10.9. The number of carboxylic acids is 1. The molecule has 0 bridgehead atoms. The lowest BCUT2D eigenvalue weighted by molar-refractivity contribution is 0.0689. The third kappa shape index (κ3) is 2.37. The van der Waals surface area contributed by atoms with E-state index in [0.29, 0.717) is 5.56 Å². The second-order valence-electron chi connectivity index (χ2n) is 3.81. The van der Waals surface area contributed by atoms with E-state index in [0.717, 1.165) is 0 Å². The molecular formula is C12H9FN4O2. The average Bonchev–Trinajstić information content (AvgIpc) is 2.69. The molecule has 7 heteroatoms. The molecule has 0 spiro atoms. The zero-order valence-electron chi connectivity index (χ0n) is 9.67. The largest absolute Gasteiger partial charge is 0.476 e. The number of hydrogen-bond acceptors (Lipinski definition) is 4. The van der Waals surface area contributed by atoms with E-state index >= 15 is 0 Å². The first-order valence-electron chi connectivity index (χ1n) is 5.27. The molecule has 0 aliphatic carbocycles. The Labute approximate surface area is 107 Å². The lowest BCUT2D eigenvalue weighted by atomic mass is 10.2. The van der Waals surface area contributed by atoms with Crippen molar-refractivity contribution in [3.8, 4) is 6.07 Å². The van der Waals surface area contributed by atoms with Gasteiger partial charge in [0.05, 0.1) is 6.54 Å². The van der Waals surface area contributed by atoms with Gasteiger partial charge >= 0.3 is 5.97 Å². The molecule has 0 amide bonds. The standard InChI is InChI=1S/C12H9FN4O2/c13-8-3-1-7(2-4-8)6-17-11(15)9(5-14)10(16-17)12(18)19/h1-4H,6,15H2,(H,18,19). The SMILES string of the molecule is N#Cc1c(C(=O)O)nn(Cc2ccc(F)cc2)c1N. The molecule has 96 valence electrons. The van der Waals surface area contributed by atoms with Crippen molar-refractivity contribution in [2.75, 3.05) is 5.73 Å². The minimum atomic E-state index is -1.32. The summed E-state index contributed by atoms with van der Waals surface area (Å²) in [5, 5.41) is 21.5. The zero-order chi connectivity index (χ0) is 14.0. The number of aromatic carboxylic acids is 1. The molecule has 0 radical (unpaired) electrons. The first kappa shape index (κ1) is 12.6. The summed E-state index contributed by atoms with van der Waals surface area (Å²) in [5.41, 5.74) is 5.80. The van der Waals surface area contributed by atoms with Gasteiger partial charge in [-0.2, -0.15) is 10.4 Å². The number of rotatable bonds is 3. The Morgan fingerprint density at radius 2 is 2.11 bits per heavy atom. The van der Waals surface area contributed by atoms with Gasteiger partial charge in [0, 0.05) is 0 Å². The Morgan fingerprint density at radius 3 is 2.58 bits per heavy atom. The normalized spacial score (nSPS) is 10.1. The molecule has 0 aliphatic heterocycles. The molecule has 19 heavy (non-hydrogen) atoms. The van der Waals surface area contributed by atoms with Crippen molar-refractivity contribution in [2.45, 2.75) is 6.54 Å². The summed E-state index contributed by atoms with van der Waals surface area (Å²) >= 11 is 0. The van der Waals surface area contributed by atoms with Crippen molar-refractivity contribution in [3.63, 3.8) is 0 Å². The Morgan fingerprint density at radius 1 is 1.47 bits per heavy atom. The minimum Gasteiger partial charge on any atom is -0.476 e. The molecule has 0 aliphatic rings. The number of nitrogen functional groups attached to an aromatic ring is 1. The molecule has 1 aromatic carbocycles. The second kappa shape index (κ2) is 4.78. The van der Waals surface area contributed by atoms with Crippen molar-refractivity contribution >= 4 is 11.8 Å². The summed E-state index contributed by atoms with van der Waals surface area (Å²) in [7, 11) is 0. The topological polar surface area (TPSA) is 105 Å². The van der Waals surface area contributed by atoms with Gasteiger partial charge in [-0.15, -0.1) is 0 Å². The van der Waals surface area contributed by atoms with Crippen LogP contribution in [-0.4, -0.2) is 20.9 Å². The molecule has 6 nitrogen and oxygen atoms in total. The smallest absolute Gasteiger partial charge is 0.357 e. The van der Waals surface area contributed by atoms with Gasteiger partial charge in [0.2, 0.25) is 0 Å². The Hall–Kier alpha value is -2.88. The highest BCUT2D eigenvalue weighted by Gasteiger charge is 2.20. The van der Waals surface area contributed by atoms with Gasteiger partial charge in [0.15, 0.2) is 5.69 Å². The van der Waals surface area contributed by atoms with Crippen LogP contribution < -0.4 is 5.73 Å². The number of nitriles is 1. The quantitative estimate of drug-likeness (QED) is 0.863. The van der Waals surface area contributed by atoms with E-state index in [1.807, 2.05) is 0 Å². The maximum Gasteiger partial charge on any atom is 0.357 e. The van der Waals surface area contributed by atoms with Crippen molar-refractivity contribution in [3.05, 3.63) is 46.9 Å². The van der Waals surface area contributed by atoms with Crippen LogP contribution in [0, 0.1) is 17.1 Å². The summed E-state index contributed by atoms with van der Waals surface area (Å²) in [6, 6.07) is 7.32. The number of benzene rings is 1. The third-order valence-electron chi connectivity index (χ3n) is 2.55. The van der Waals surface area contributed by atoms with Crippen LogP contribution in [0.3, 0.4) is 0 Å². The maximum absolute atomic E-state index is 12.8. The molecule has 2 aromatic rings.